The highest BCUT2D eigenvalue weighted by atomic mass is 28.3. The first kappa shape index (κ1) is 17.0. The Bertz CT molecular complexity index is 531. The van der Waals surface area contributed by atoms with Gasteiger partial charge in [-0.1, -0.05) is 39.3 Å². The highest BCUT2D eigenvalue weighted by Gasteiger charge is 2.38. The molecule has 0 amide bonds. The number of carboxylic acid groups (broad SMARTS) is 1. The zero-order chi connectivity index (χ0) is 16.0. The summed E-state index contributed by atoms with van der Waals surface area (Å²) in [5.41, 5.74) is -1.03. The molecular weight excluding hydrogens is 301 g/mol. The van der Waals surface area contributed by atoms with Crippen LogP contribution in [0.5, 0.6) is 0 Å². The molecule has 0 spiro atoms. The highest BCUT2D eigenvalue weighted by molar-refractivity contribution is 6.91. The maximum atomic E-state index is 14.6. The minimum Gasteiger partial charge on any atom is -0.477 e. The molecule has 0 saturated heterocycles. The van der Waals surface area contributed by atoms with E-state index in [1.54, 1.807) is 39.3 Å². The van der Waals surface area contributed by atoms with Crippen molar-refractivity contribution in [1.29, 1.82) is 0 Å². The van der Waals surface area contributed by atoms with Crippen molar-refractivity contribution in [2.45, 2.75) is 39.3 Å². The summed E-state index contributed by atoms with van der Waals surface area (Å²) in [6, 6.07) is 0. The summed E-state index contributed by atoms with van der Waals surface area (Å²) in [6.07, 6.45) is 0. The molecular formula is C13H19F3O2Si2. The van der Waals surface area contributed by atoms with Crippen molar-refractivity contribution >= 4 is 32.5 Å². The van der Waals surface area contributed by atoms with Crippen LogP contribution in [0, 0.1) is 17.5 Å². The summed E-state index contributed by atoms with van der Waals surface area (Å²) in [7, 11) is -4.98. The molecule has 1 rings (SSSR count). The maximum absolute atomic E-state index is 14.6. The zero-order valence-electron chi connectivity index (χ0n) is 12.5. The second kappa shape index (κ2) is 5.03. The Morgan fingerprint density at radius 2 is 1.10 bits per heavy atom. The molecule has 1 N–H and O–H groups in total. The summed E-state index contributed by atoms with van der Waals surface area (Å²) < 4.78 is 43.2. The molecule has 0 fully saturated rings. The van der Waals surface area contributed by atoms with Crippen LogP contribution >= 0.6 is 0 Å². The lowest BCUT2D eigenvalue weighted by atomic mass is 10.2. The Morgan fingerprint density at radius 1 is 0.800 bits per heavy atom. The van der Waals surface area contributed by atoms with E-state index >= 15 is 0 Å². The van der Waals surface area contributed by atoms with Gasteiger partial charge in [-0.15, -0.1) is 0 Å². The minimum atomic E-state index is -2.49. The predicted molar refractivity (Wildman–Crippen MR) is 79.2 cm³/mol. The number of halogens is 3. The molecule has 0 aliphatic heterocycles. The number of carboxylic acids is 1. The van der Waals surface area contributed by atoms with Crippen LogP contribution in [0.3, 0.4) is 0 Å². The van der Waals surface area contributed by atoms with E-state index < -0.39 is 45.1 Å². The van der Waals surface area contributed by atoms with Gasteiger partial charge in [0.1, 0.15) is 23.0 Å². The van der Waals surface area contributed by atoms with Crippen LogP contribution in [0.15, 0.2) is 0 Å². The molecule has 0 radical (unpaired) electrons. The molecule has 2 nitrogen and oxygen atoms in total. The van der Waals surface area contributed by atoms with Gasteiger partial charge in [0, 0.05) is 10.4 Å². The van der Waals surface area contributed by atoms with Crippen molar-refractivity contribution in [2.24, 2.45) is 0 Å². The monoisotopic (exact) mass is 320 g/mol. The third-order valence-corrected chi connectivity index (χ3v) is 6.91. The van der Waals surface area contributed by atoms with E-state index in [1.165, 1.54) is 0 Å². The van der Waals surface area contributed by atoms with Gasteiger partial charge in [0.25, 0.3) is 0 Å². The van der Waals surface area contributed by atoms with E-state index in [1.807, 2.05) is 0 Å². The Balaban J connectivity index is 4.00. The highest BCUT2D eigenvalue weighted by Crippen LogP contribution is 2.19. The third kappa shape index (κ3) is 2.83. The normalized spacial score (nSPS) is 12.7. The number of hydrogen-bond acceptors (Lipinski definition) is 1. The number of hydrogen-bond donors (Lipinski definition) is 1. The van der Waals surface area contributed by atoms with Gasteiger partial charge in [0.15, 0.2) is 0 Å². The SMILES string of the molecule is C[Si](C)(C)c1c(F)c(C(=O)O)c(F)c([Si](C)(C)C)c1F. The molecule has 20 heavy (non-hydrogen) atoms. The predicted octanol–water partition coefficient (Wildman–Crippen LogP) is 2.89. The summed E-state index contributed by atoms with van der Waals surface area (Å²) in [5, 5.41) is 8.59. The summed E-state index contributed by atoms with van der Waals surface area (Å²) in [5.74, 6) is -5.09. The summed E-state index contributed by atoms with van der Waals surface area (Å²) in [4.78, 5) is 11.1. The molecule has 0 aromatic heterocycles. The van der Waals surface area contributed by atoms with Gasteiger partial charge in [-0.3, -0.25) is 0 Å². The average molecular weight is 320 g/mol. The van der Waals surface area contributed by atoms with E-state index in [0.29, 0.717) is 0 Å². The summed E-state index contributed by atoms with van der Waals surface area (Å²) in [6.45, 7) is 10.2. The van der Waals surface area contributed by atoms with Crippen molar-refractivity contribution in [2.75, 3.05) is 0 Å². The van der Waals surface area contributed by atoms with Crippen molar-refractivity contribution in [3.8, 4) is 0 Å². The van der Waals surface area contributed by atoms with Crippen LogP contribution in [0.1, 0.15) is 10.4 Å². The van der Waals surface area contributed by atoms with E-state index in [0.717, 1.165) is 0 Å². The molecule has 0 atom stereocenters. The van der Waals surface area contributed by atoms with Crippen LogP contribution in [0.4, 0.5) is 13.2 Å². The second-order valence-electron chi connectivity index (χ2n) is 6.87. The molecule has 0 bridgehead atoms. The topological polar surface area (TPSA) is 37.3 Å². The fourth-order valence-corrected chi connectivity index (χ4v) is 5.43. The number of carbonyl (C=O) groups is 1. The lowest BCUT2D eigenvalue weighted by Gasteiger charge is -2.26. The van der Waals surface area contributed by atoms with Gasteiger partial charge >= 0.3 is 5.97 Å². The van der Waals surface area contributed by atoms with Crippen molar-refractivity contribution in [3.63, 3.8) is 0 Å². The van der Waals surface area contributed by atoms with E-state index in [9.17, 15) is 18.0 Å². The van der Waals surface area contributed by atoms with Crippen molar-refractivity contribution in [1.82, 2.24) is 0 Å². The first-order chi connectivity index (χ1) is 8.80. The third-order valence-electron chi connectivity index (χ3n) is 3.03. The van der Waals surface area contributed by atoms with E-state index in [-0.39, 0.29) is 10.4 Å². The molecule has 0 aliphatic rings. The van der Waals surface area contributed by atoms with E-state index in [4.69, 9.17) is 5.11 Å². The van der Waals surface area contributed by atoms with Gasteiger partial charge in [-0.05, 0) is 0 Å². The molecule has 112 valence electrons. The molecule has 1 aromatic carbocycles. The molecule has 7 heteroatoms. The van der Waals surface area contributed by atoms with Gasteiger partial charge < -0.3 is 5.11 Å². The number of benzene rings is 1. The largest absolute Gasteiger partial charge is 0.477 e. The van der Waals surface area contributed by atoms with Gasteiger partial charge in [-0.2, -0.15) is 0 Å². The van der Waals surface area contributed by atoms with Crippen LogP contribution in [0.2, 0.25) is 39.3 Å². The molecule has 0 saturated carbocycles. The van der Waals surface area contributed by atoms with Crippen molar-refractivity contribution < 1.29 is 23.1 Å². The number of aromatic carboxylic acids is 1. The van der Waals surface area contributed by atoms with Gasteiger partial charge in [-0.25, -0.2) is 18.0 Å². The smallest absolute Gasteiger partial charge is 0.341 e. The standard InChI is InChI=1S/C13H19F3O2Si2/c1-19(2,3)11-8(14)7(13(17)18)9(15)12(10(11)16)20(4,5)6/h1-6H3,(H,17,18). The quantitative estimate of drug-likeness (QED) is 0.870. The lowest BCUT2D eigenvalue weighted by molar-refractivity contribution is 0.0687. The Labute approximate surface area is 118 Å². The lowest BCUT2D eigenvalue weighted by Crippen LogP contribution is -2.53. The molecule has 0 aliphatic carbocycles. The van der Waals surface area contributed by atoms with Crippen LogP contribution in [0.25, 0.3) is 0 Å². The first-order valence-corrected chi connectivity index (χ1v) is 13.2. The minimum absolute atomic E-state index is 0.228. The van der Waals surface area contributed by atoms with Crippen molar-refractivity contribution in [3.05, 3.63) is 23.0 Å². The molecule has 0 heterocycles. The molecule has 0 unspecified atom stereocenters. The van der Waals surface area contributed by atoms with Crippen LogP contribution < -0.4 is 10.4 Å². The zero-order valence-corrected chi connectivity index (χ0v) is 14.5. The summed E-state index contributed by atoms with van der Waals surface area (Å²) >= 11 is 0. The average Bonchev–Trinajstić information content (AvgIpc) is 2.09. The fraction of sp³-hybridized carbons (Fsp3) is 0.462. The maximum Gasteiger partial charge on any atom is 0.341 e. The Hall–Kier alpha value is -1.09. The second-order valence-corrected chi connectivity index (χ2v) is 16.9. The fourth-order valence-electron chi connectivity index (χ4n) is 2.17. The first-order valence-electron chi connectivity index (χ1n) is 6.24. The van der Waals surface area contributed by atoms with Crippen LogP contribution in [-0.2, 0) is 0 Å². The number of rotatable bonds is 3. The van der Waals surface area contributed by atoms with Crippen LogP contribution in [-0.4, -0.2) is 27.2 Å². The van der Waals surface area contributed by atoms with Gasteiger partial charge in [0.2, 0.25) is 0 Å². The van der Waals surface area contributed by atoms with E-state index in [2.05, 4.69) is 0 Å². The Kier molecular flexibility index (Phi) is 4.27. The molecule has 1 aromatic rings. The van der Waals surface area contributed by atoms with Gasteiger partial charge in [0.05, 0.1) is 16.1 Å². The Morgan fingerprint density at radius 3 is 1.30 bits per heavy atom.